The number of aromatic nitrogens is 1. The monoisotopic (exact) mass is 310 g/mol. The molecule has 0 saturated heterocycles. The van der Waals surface area contributed by atoms with Crippen molar-refractivity contribution in [2.45, 2.75) is 24.8 Å². The number of benzene rings is 1. The highest BCUT2D eigenvalue weighted by atomic mass is 35.5. The molecular formula is C16H23ClN2S. The van der Waals surface area contributed by atoms with Crippen LogP contribution in [-0.2, 0) is 0 Å². The first-order chi connectivity index (χ1) is 9.08. The van der Waals surface area contributed by atoms with Crippen molar-refractivity contribution in [2.75, 3.05) is 26.4 Å². The molecule has 2 aromatic rings. The maximum atomic E-state index is 4.84. The van der Waals surface area contributed by atoms with Crippen LogP contribution in [0.25, 0.3) is 10.9 Å². The summed E-state index contributed by atoms with van der Waals surface area (Å²) in [6.07, 6.45) is 0. The fraction of sp³-hybridized carbons (Fsp3) is 0.438. The van der Waals surface area contributed by atoms with Gasteiger partial charge < -0.3 is 4.90 Å². The largest absolute Gasteiger partial charge is 0.309 e. The minimum Gasteiger partial charge on any atom is -0.309 e. The fourth-order valence-corrected chi connectivity index (χ4v) is 3.24. The van der Waals surface area contributed by atoms with E-state index in [2.05, 4.69) is 63.2 Å². The highest BCUT2D eigenvalue weighted by Gasteiger charge is 2.10. The van der Waals surface area contributed by atoms with Crippen molar-refractivity contribution in [3.8, 4) is 0 Å². The van der Waals surface area contributed by atoms with Gasteiger partial charge in [0.25, 0.3) is 0 Å². The van der Waals surface area contributed by atoms with Crippen molar-refractivity contribution in [1.29, 1.82) is 0 Å². The van der Waals surface area contributed by atoms with Gasteiger partial charge >= 0.3 is 0 Å². The van der Waals surface area contributed by atoms with Crippen molar-refractivity contribution in [3.63, 3.8) is 0 Å². The van der Waals surface area contributed by atoms with E-state index in [1.165, 1.54) is 16.0 Å². The highest BCUT2D eigenvalue weighted by molar-refractivity contribution is 7.99. The summed E-state index contributed by atoms with van der Waals surface area (Å²) in [5.74, 6) is 1.59. The van der Waals surface area contributed by atoms with E-state index in [1.807, 2.05) is 11.8 Å². The van der Waals surface area contributed by atoms with Crippen LogP contribution in [0.5, 0.6) is 0 Å². The van der Waals surface area contributed by atoms with Gasteiger partial charge in [0.2, 0.25) is 0 Å². The van der Waals surface area contributed by atoms with Crippen molar-refractivity contribution < 1.29 is 0 Å². The number of para-hydroxylation sites is 1. The fourth-order valence-electron chi connectivity index (χ4n) is 1.97. The molecule has 4 heteroatoms. The molecule has 110 valence electrons. The molecule has 0 radical (unpaired) electrons. The molecule has 1 aromatic heterocycles. The highest BCUT2D eigenvalue weighted by Crippen LogP contribution is 2.29. The van der Waals surface area contributed by atoms with Gasteiger partial charge in [-0.15, -0.1) is 24.2 Å². The van der Waals surface area contributed by atoms with Crippen LogP contribution in [0.1, 0.15) is 25.3 Å². The molecule has 2 nitrogen and oxygen atoms in total. The summed E-state index contributed by atoms with van der Waals surface area (Å²) in [7, 11) is 4.22. The molecule has 0 atom stereocenters. The van der Waals surface area contributed by atoms with Gasteiger partial charge in [-0.25, -0.2) is 4.98 Å². The Kier molecular flexibility index (Phi) is 6.80. The second kappa shape index (κ2) is 7.87. The van der Waals surface area contributed by atoms with E-state index in [0.29, 0.717) is 5.92 Å². The Morgan fingerprint density at radius 3 is 2.55 bits per heavy atom. The minimum atomic E-state index is 0. The van der Waals surface area contributed by atoms with E-state index in [-0.39, 0.29) is 12.4 Å². The molecule has 0 fully saturated rings. The predicted molar refractivity (Wildman–Crippen MR) is 92.4 cm³/mol. The van der Waals surface area contributed by atoms with Crippen molar-refractivity contribution in [3.05, 3.63) is 35.9 Å². The van der Waals surface area contributed by atoms with Crippen LogP contribution in [-0.4, -0.2) is 36.3 Å². The zero-order valence-electron chi connectivity index (χ0n) is 12.6. The Hall–Kier alpha value is -0.770. The Morgan fingerprint density at radius 2 is 1.90 bits per heavy atom. The van der Waals surface area contributed by atoms with Crippen molar-refractivity contribution >= 4 is 35.1 Å². The lowest BCUT2D eigenvalue weighted by Crippen LogP contribution is -2.15. The summed E-state index contributed by atoms with van der Waals surface area (Å²) in [5.41, 5.74) is 2.46. The average Bonchev–Trinajstić information content (AvgIpc) is 2.37. The predicted octanol–water partition coefficient (Wildman–Crippen LogP) is 4.43. The number of hydrogen-bond donors (Lipinski definition) is 0. The van der Waals surface area contributed by atoms with E-state index in [4.69, 9.17) is 4.98 Å². The van der Waals surface area contributed by atoms with Crippen molar-refractivity contribution in [2.24, 2.45) is 0 Å². The van der Waals surface area contributed by atoms with Crippen LogP contribution in [0.3, 0.4) is 0 Å². The zero-order chi connectivity index (χ0) is 13.8. The van der Waals surface area contributed by atoms with Crippen LogP contribution < -0.4 is 0 Å². The normalized spacial score (nSPS) is 11.1. The third-order valence-electron chi connectivity index (χ3n) is 3.12. The molecule has 1 heterocycles. The van der Waals surface area contributed by atoms with E-state index in [9.17, 15) is 0 Å². The number of pyridine rings is 1. The number of nitrogens with zero attached hydrogens (tertiary/aromatic N) is 2. The Balaban J connectivity index is 0.00000200. The molecule has 0 spiro atoms. The quantitative estimate of drug-likeness (QED) is 0.760. The van der Waals surface area contributed by atoms with E-state index in [0.717, 1.165) is 17.8 Å². The SMILES string of the molecule is CC(C)c1cc2ccccc2nc1SCCN(C)C.Cl. The standard InChI is InChI=1S/C16H22N2S.ClH/c1-12(2)14-11-13-7-5-6-8-15(13)17-16(14)19-10-9-18(3)4;/h5-8,11-12H,9-10H2,1-4H3;1H. The van der Waals surface area contributed by atoms with E-state index in [1.54, 1.807) is 0 Å². The van der Waals surface area contributed by atoms with Crippen LogP contribution >= 0.6 is 24.2 Å². The van der Waals surface area contributed by atoms with Crippen LogP contribution in [0.2, 0.25) is 0 Å². The van der Waals surface area contributed by atoms with Gasteiger partial charge in [0.15, 0.2) is 0 Å². The first-order valence-electron chi connectivity index (χ1n) is 6.75. The van der Waals surface area contributed by atoms with Gasteiger partial charge in [-0.05, 0) is 37.7 Å². The van der Waals surface area contributed by atoms with Gasteiger partial charge in [-0.1, -0.05) is 32.0 Å². The summed E-state index contributed by atoms with van der Waals surface area (Å²) >= 11 is 1.87. The molecule has 0 amide bonds. The van der Waals surface area contributed by atoms with Gasteiger partial charge in [0, 0.05) is 17.7 Å². The summed E-state index contributed by atoms with van der Waals surface area (Å²) in [5, 5.41) is 2.43. The lowest BCUT2D eigenvalue weighted by atomic mass is 10.0. The third-order valence-corrected chi connectivity index (χ3v) is 4.10. The lowest BCUT2D eigenvalue weighted by Gasteiger charge is -2.14. The van der Waals surface area contributed by atoms with E-state index >= 15 is 0 Å². The van der Waals surface area contributed by atoms with Gasteiger partial charge in [-0.2, -0.15) is 0 Å². The first-order valence-corrected chi connectivity index (χ1v) is 7.73. The molecule has 0 bridgehead atoms. The third kappa shape index (κ3) is 4.37. The topological polar surface area (TPSA) is 16.1 Å². The zero-order valence-corrected chi connectivity index (χ0v) is 14.2. The van der Waals surface area contributed by atoms with Crippen LogP contribution in [0, 0.1) is 0 Å². The molecule has 0 saturated carbocycles. The van der Waals surface area contributed by atoms with Gasteiger partial charge in [0.1, 0.15) is 5.03 Å². The number of hydrogen-bond acceptors (Lipinski definition) is 3. The summed E-state index contributed by atoms with van der Waals surface area (Å²) in [6, 6.07) is 10.7. The Morgan fingerprint density at radius 1 is 1.20 bits per heavy atom. The van der Waals surface area contributed by atoms with Crippen LogP contribution in [0.4, 0.5) is 0 Å². The molecule has 0 unspecified atom stereocenters. The minimum absolute atomic E-state index is 0. The maximum absolute atomic E-state index is 4.84. The number of fused-ring (bicyclic) bond motifs is 1. The molecule has 0 aliphatic carbocycles. The average molecular weight is 311 g/mol. The summed E-state index contributed by atoms with van der Waals surface area (Å²) < 4.78 is 0. The number of rotatable bonds is 5. The van der Waals surface area contributed by atoms with E-state index < -0.39 is 0 Å². The lowest BCUT2D eigenvalue weighted by molar-refractivity contribution is 0.437. The molecule has 2 rings (SSSR count). The van der Waals surface area contributed by atoms with Crippen LogP contribution in [0.15, 0.2) is 35.4 Å². The molecule has 0 aliphatic rings. The molecule has 20 heavy (non-hydrogen) atoms. The smallest absolute Gasteiger partial charge is 0.100 e. The molecule has 0 aliphatic heterocycles. The molecule has 0 N–H and O–H groups in total. The number of thioether (sulfide) groups is 1. The summed E-state index contributed by atoms with van der Waals surface area (Å²) in [6.45, 7) is 5.56. The number of halogens is 1. The molecular weight excluding hydrogens is 288 g/mol. The van der Waals surface area contributed by atoms with Gasteiger partial charge in [-0.3, -0.25) is 0 Å². The summed E-state index contributed by atoms with van der Waals surface area (Å²) in [4.78, 5) is 7.05. The Labute approximate surface area is 132 Å². The second-order valence-electron chi connectivity index (χ2n) is 5.38. The second-order valence-corrected chi connectivity index (χ2v) is 6.47. The van der Waals surface area contributed by atoms with Gasteiger partial charge in [0.05, 0.1) is 5.52 Å². The maximum Gasteiger partial charge on any atom is 0.100 e. The van der Waals surface area contributed by atoms with Crippen molar-refractivity contribution in [1.82, 2.24) is 9.88 Å². The first kappa shape index (κ1) is 17.3. The molecule has 1 aromatic carbocycles. The Bertz CT molecular complexity index is 555.